The number of carbonyl (C=O) groups is 1. The zero-order chi connectivity index (χ0) is 13.2. The second-order valence-electron chi connectivity index (χ2n) is 4.43. The largest absolute Gasteiger partial charge is 0.343 e. The van der Waals surface area contributed by atoms with Gasteiger partial charge in [-0.1, -0.05) is 44.2 Å². The van der Waals surface area contributed by atoms with Crippen LogP contribution in [0.1, 0.15) is 45.1 Å². The molecule has 100 valence electrons. The third kappa shape index (κ3) is 4.91. The van der Waals surface area contributed by atoms with Crippen LogP contribution >= 0.6 is 0 Å². The van der Waals surface area contributed by atoms with E-state index in [4.69, 9.17) is 0 Å². The highest BCUT2D eigenvalue weighted by molar-refractivity contribution is 5.76. The van der Waals surface area contributed by atoms with E-state index in [9.17, 15) is 4.79 Å². The summed E-state index contributed by atoms with van der Waals surface area (Å²) in [6, 6.07) is 10.2. The van der Waals surface area contributed by atoms with Gasteiger partial charge in [0.2, 0.25) is 5.91 Å². The van der Waals surface area contributed by atoms with Crippen LogP contribution in [0.25, 0.3) is 0 Å². The first-order valence-corrected chi connectivity index (χ1v) is 7.18. The van der Waals surface area contributed by atoms with E-state index in [1.165, 1.54) is 24.8 Å². The van der Waals surface area contributed by atoms with Crippen LogP contribution in [0, 0.1) is 0 Å². The minimum atomic E-state index is 0.323. The van der Waals surface area contributed by atoms with Gasteiger partial charge in [-0.05, 0) is 31.2 Å². The van der Waals surface area contributed by atoms with Crippen molar-refractivity contribution in [3.05, 3.63) is 35.9 Å². The molecule has 2 heteroatoms. The Kier molecular flexibility index (Phi) is 7.16. The van der Waals surface area contributed by atoms with Crippen LogP contribution in [0.4, 0.5) is 0 Å². The Labute approximate surface area is 111 Å². The van der Waals surface area contributed by atoms with Crippen LogP contribution in [0.15, 0.2) is 30.3 Å². The molecule has 0 N–H and O–H groups in total. The molecular formula is C16H25NO. The van der Waals surface area contributed by atoms with E-state index in [1.54, 1.807) is 0 Å². The highest BCUT2D eigenvalue weighted by atomic mass is 16.2. The highest BCUT2D eigenvalue weighted by Gasteiger charge is 2.15. The molecule has 1 amide bonds. The van der Waals surface area contributed by atoms with E-state index in [0.717, 1.165) is 19.5 Å². The lowest BCUT2D eigenvalue weighted by atomic mass is 10.1. The quantitative estimate of drug-likeness (QED) is 0.798. The fourth-order valence-electron chi connectivity index (χ4n) is 2.20. The smallest absolute Gasteiger partial charge is 0.222 e. The number of aryl methyl sites for hydroxylation is 1. The number of hydrogen-bond acceptors (Lipinski definition) is 1. The van der Waals surface area contributed by atoms with Crippen molar-refractivity contribution in [3.63, 3.8) is 0 Å². The van der Waals surface area contributed by atoms with Crippen molar-refractivity contribution in [1.29, 1.82) is 0 Å². The first-order chi connectivity index (χ1) is 8.86. The van der Waals surface area contributed by atoms with E-state index in [0.29, 0.717) is 12.3 Å². The Bertz CT molecular complexity index is 328. The standard InChI is InChI=1S/C14H19NO.C2H6/c16-14(15-11-5-2-6-12-15)10-9-13-7-3-1-4-8-13;1-2/h1,3-4,7-8H,2,5-6,9-12H2;1-2H3. The van der Waals surface area contributed by atoms with Crippen LogP contribution in [0.2, 0.25) is 0 Å². The van der Waals surface area contributed by atoms with E-state index in [1.807, 2.05) is 36.9 Å². The molecule has 1 aromatic carbocycles. The zero-order valence-electron chi connectivity index (χ0n) is 11.7. The summed E-state index contributed by atoms with van der Waals surface area (Å²) in [5, 5.41) is 0. The minimum absolute atomic E-state index is 0.323. The van der Waals surface area contributed by atoms with Gasteiger partial charge in [-0.2, -0.15) is 0 Å². The van der Waals surface area contributed by atoms with E-state index in [-0.39, 0.29) is 0 Å². The normalized spacial score (nSPS) is 14.7. The molecule has 0 aromatic heterocycles. The monoisotopic (exact) mass is 247 g/mol. The molecule has 0 atom stereocenters. The summed E-state index contributed by atoms with van der Waals surface area (Å²) in [6.45, 7) is 5.93. The zero-order valence-corrected chi connectivity index (χ0v) is 11.7. The molecule has 1 fully saturated rings. The van der Waals surface area contributed by atoms with Gasteiger partial charge in [-0.3, -0.25) is 4.79 Å². The van der Waals surface area contributed by atoms with Gasteiger partial charge in [0.25, 0.3) is 0 Å². The lowest BCUT2D eigenvalue weighted by Crippen LogP contribution is -2.35. The van der Waals surface area contributed by atoms with Crippen LogP contribution in [0.5, 0.6) is 0 Å². The Hall–Kier alpha value is -1.31. The number of likely N-dealkylation sites (tertiary alicyclic amines) is 1. The Balaban J connectivity index is 0.000000771. The van der Waals surface area contributed by atoms with Crippen molar-refractivity contribution in [2.45, 2.75) is 46.0 Å². The molecule has 0 bridgehead atoms. The first-order valence-electron chi connectivity index (χ1n) is 7.18. The lowest BCUT2D eigenvalue weighted by Gasteiger charge is -2.26. The van der Waals surface area contributed by atoms with Crippen LogP contribution in [-0.2, 0) is 11.2 Å². The van der Waals surface area contributed by atoms with Gasteiger partial charge in [0, 0.05) is 19.5 Å². The van der Waals surface area contributed by atoms with Crippen molar-refractivity contribution in [2.75, 3.05) is 13.1 Å². The summed E-state index contributed by atoms with van der Waals surface area (Å²) in [7, 11) is 0. The van der Waals surface area contributed by atoms with Crippen LogP contribution < -0.4 is 0 Å². The fourth-order valence-corrected chi connectivity index (χ4v) is 2.20. The van der Waals surface area contributed by atoms with Gasteiger partial charge in [-0.15, -0.1) is 0 Å². The Morgan fingerprint density at radius 2 is 1.67 bits per heavy atom. The summed E-state index contributed by atoms with van der Waals surface area (Å²) >= 11 is 0. The number of benzene rings is 1. The number of amides is 1. The second kappa shape index (κ2) is 8.73. The topological polar surface area (TPSA) is 20.3 Å². The molecule has 0 unspecified atom stereocenters. The predicted octanol–water partition coefficient (Wildman–Crippen LogP) is 3.66. The average Bonchev–Trinajstić information content (AvgIpc) is 2.49. The molecule has 0 radical (unpaired) electrons. The number of piperidine rings is 1. The van der Waals surface area contributed by atoms with Gasteiger partial charge >= 0.3 is 0 Å². The molecular weight excluding hydrogens is 222 g/mol. The maximum absolute atomic E-state index is 11.9. The van der Waals surface area contributed by atoms with Crippen molar-refractivity contribution in [2.24, 2.45) is 0 Å². The molecule has 1 heterocycles. The SMILES string of the molecule is CC.O=C(CCc1ccccc1)N1CCCCC1. The molecule has 18 heavy (non-hydrogen) atoms. The number of carbonyl (C=O) groups excluding carboxylic acids is 1. The van der Waals surface area contributed by atoms with Crippen molar-refractivity contribution in [1.82, 2.24) is 4.90 Å². The fraction of sp³-hybridized carbons (Fsp3) is 0.562. The summed E-state index contributed by atoms with van der Waals surface area (Å²) < 4.78 is 0. The van der Waals surface area contributed by atoms with Gasteiger partial charge in [0.1, 0.15) is 0 Å². The van der Waals surface area contributed by atoms with E-state index >= 15 is 0 Å². The molecule has 1 aliphatic rings. The molecule has 1 aliphatic heterocycles. The van der Waals surface area contributed by atoms with Gasteiger partial charge in [0.05, 0.1) is 0 Å². The Morgan fingerprint density at radius 1 is 1.06 bits per heavy atom. The Morgan fingerprint density at radius 3 is 2.28 bits per heavy atom. The minimum Gasteiger partial charge on any atom is -0.343 e. The van der Waals surface area contributed by atoms with Gasteiger partial charge < -0.3 is 4.90 Å². The molecule has 2 rings (SSSR count). The average molecular weight is 247 g/mol. The maximum Gasteiger partial charge on any atom is 0.222 e. The summed E-state index contributed by atoms with van der Waals surface area (Å²) in [6.07, 6.45) is 5.16. The molecule has 0 spiro atoms. The third-order valence-electron chi connectivity index (χ3n) is 3.18. The number of hydrogen-bond donors (Lipinski definition) is 0. The van der Waals surface area contributed by atoms with Crippen molar-refractivity contribution < 1.29 is 4.79 Å². The molecule has 2 nitrogen and oxygen atoms in total. The van der Waals surface area contributed by atoms with E-state index in [2.05, 4.69) is 12.1 Å². The van der Waals surface area contributed by atoms with Crippen LogP contribution in [0.3, 0.4) is 0 Å². The van der Waals surface area contributed by atoms with Crippen molar-refractivity contribution >= 4 is 5.91 Å². The van der Waals surface area contributed by atoms with Crippen molar-refractivity contribution in [3.8, 4) is 0 Å². The van der Waals surface area contributed by atoms with E-state index < -0.39 is 0 Å². The first kappa shape index (κ1) is 14.7. The maximum atomic E-state index is 11.9. The summed E-state index contributed by atoms with van der Waals surface area (Å²) in [5.41, 5.74) is 1.26. The second-order valence-corrected chi connectivity index (χ2v) is 4.43. The van der Waals surface area contributed by atoms with Crippen LogP contribution in [-0.4, -0.2) is 23.9 Å². The van der Waals surface area contributed by atoms with Gasteiger partial charge in [-0.25, -0.2) is 0 Å². The molecule has 0 saturated carbocycles. The lowest BCUT2D eigenvalue weighted by molar-refractivity contribution is -0.132. The third-order valence-corrected chi connectivity index (χ3v) is 3.18. The molecule has 1 aromatic rings. The predicted molar refractivity (Wildman–Crippen MR) is 76.5 cm³/mol. The van der Waals surface area contributed by atoms with Gasteiger partial charge in [0.15, 0.2) is 0 Å². The highest BCUT2D eigenvalue weighted by Crippen LogP contribution is 2.11. The number of nitrogens with zero attached hydrogens (tertiary/aromatic N) is 1. The molecule has 1 saturated heterocycles. The molecule has 0 aliphatic carbocycles. The number of rotatable bonds is 3. The summed E-state index contributed by atoms with van der Waals surface area (Å²) in [5.74, 6) is 0.323. The summed E-state index contributed by atoms with van der Waals surface area (Å²) in [4.78, 5) is 13.9.